The van der Waals surface area contributed by atoms with Crippen molar-refractivity contribution in [3.63, 3.8) is 0 Å². The smallest absolute Gasteiger partial charge is 0.0656 e. The molecule has 0 aliphatic heterocycles. The van der Waals surface area contributed by atoms with Gasteiger partial charge in [-0.05, 0) is 46.0 Å². The van der Waals surface area contributed by atoms with Gasteiger partial charge in [-0.1, -0.05) is 71.1 Å². The van der Waals surface area contributed by atoms with E-state index in [1.165, 1.54) is 72.7 Å². The summed E-state index contributed by atoms with van der Waals surface area (Å²) in [5, 5.41) is 2.22. The van der Waals surface area contributed by atoms with Crippen LogP contribution in [0, 0.1) is 2.88 Å². The Morgan fingerprint density at radius 1 is 1.05 bits per heavy atom. The van der Waals surface area contributed by atoms with Gasteiger partial charge in [0.15, 0.2) is 0 Å². The van der Waals surface area contributed by atoms with Crippen LogP contribution in [0.1, 0.15) is 89.2 Å². The van der Waals surface area contributed by atoms with Crippen LogP contribution in [-0.4, -0.2) is 0 Å². The maximum Gasteiger partial charge on any atom is 0.0656 e. The van der Waals surface area contributed by atoms with Crippen molar-refractivity contribution in [1.82, 2.24) is 5.43 Å². The zero-order chi connectivity index (χ0) is 15.3. The standard InChI is InChI=1S/C17H31IN2S/c1-2-3-4-5-6-7-8-9-10-11-12-16(20-19)15-13-17(18)21-14-15/h13-14,16,20H,2-12,19H2,1H3. The number of hydrogen-bond acceptors (Lipinski definition) is 3. The van der Waals surface area contributed by atoms with Crippen LogP contribution in [-0.2, 0) is 0 Å². The fourth-order valence-corrected chi connectivity index (χ4v) is 4.11. The SMILES string of the molecule is CCCCCCCCCCCCC(NN)c1csc(I)c1. The average Bonchev–Trinajstić information content (AvgIpc) is 2.91. The topological polar surface area (TPSA) is 38.0 Å². The number of unbranched alkanes of at least 4 members (excludes halogenated alkanes) is 9. The van der Waals surface area contributed by atoms with Crippen molar-refractivity contribution < 1.29 is 0 Å². The number of hydrazine groups is 1. The van der Waals surface area contributed by atoms with Crippen LogP contribution < -0.4 is 11.3 Å². The summed E-state index contributed by atoms with van der Waals surface area (Å²) in [6.45, 7) is 2.28. The number of nitrogens with one attached hydrogen (secondary N) is 1. The molecular formula is C17H31IN2S. The normalized spacial score (nSPS) is 12.7. The summed E-state index contributed by atoms with van der Waals surface area (Å²) in [5.74, 6) is 5.69. The van der Waals surface area contributed by atoms with Crippen molar-refractivity contribution in [3.8, 4) is 0 Å². The third kappa shape index (κ3) is 9.16. The molecule has 0 saturated carbocycles. The second-order valence-corrected chi connectivity index (χ2v) is 8.68. The first-order chi connectivity index (χ1) is 10.3. The first kappa shape index (κ1) is 19.4. The van der Waals surface area contributed by atoms with Crippen molar-refractivity contribution in [1.29, 1.82) is 0 Å². The Hall–Kier alpha value is 0.350. The van der Waals surface area contributed by atoms with Crippen LogP contribution in [0.2, 0.25) is 0 Å². The highest BCUT2D eigenvalue weighted by atomic mass is 127. The van der Waals surface area contributed by atoms with E-state index in [1.54, 1.807) is 11.3 Å². The van der Waals surface area contributed by atoms with Gasteiger partial charge in [0, 0.05) is 6.04 Å². The zero-order valence-corrected chi connectivity index (χ0v) is 16.3. The highest BCUT2D eigenvalue weighted by molar-refractivity contribution is 14.1. The Bertz CT molecular complexity index is 354. The quantitative estimate of drug-likeness (QED) is 0.173. The number of rotatable bonds is 13. The van der Waals surface area contributed by atoms with Crippen molar-refractivity contribution in [2.24, 2.45) is 5.84 Å². The molecule has 122 valence electrons. The highest BCUT2D eigenvalue weighted by Crippen LogP contribution is 2.25. The molecular weight excluding hydrogens is 391 g/mol. The monoisotopic (exact) mass is 422 g/mol. The van der Waals surface area contributed by atoms with Gasteiger partial charge < -0.3 is 0 Å². The zero-order valence-electron chi connectivity index (χ0n) is 13.4. The molecule has 1 unspecified atom stereocenters. The van der Waals surface area contributed by atoms with Crippen LogP contribution in [0.25, 0.3) is 0 Å². The molecule has 0 aliphatic carbocycles. The Morgan fingerprint density at radius 3 is 2.10 bits per heavy atom. The van der Waals surface area contributed by atoms with E-state index in [0.29, 0.717) is 6.04 Å². The minimum atomic E-state index is 0.332. The molecule has 0 spiro atoms. The molecule has 0 aliphatic rings. The first-order valence-corrected chi connectivity index (χ1v) is 10.4. The molecule has 1 rings (SSSR count). The van der Waals surface area contributed by atoms with Gasteiger partial charge in [0.2, 0.25) is 0 Å². The summed E-state index contributed by atoms with van der Waals surface area (Å²) in [6.07, 6.45) is 15.0. The van der Waals surface area contributed by atoms with Crippen molar-refractivity contribution in [2.75, 3.05) is 0 Å². The lowest BCUT2D eigenvalue weighted by atomic mass is 10.0. The predicted octanol–water partition coefficient (Wildman–Crippen LogP) is 6.17. The molecule has 1 aromatic rings. The summed E-state index contributed by atoms with van der Waals surface area (Å²) in [7, 11) is 0. The average molecular weight is 422 g/mol. The molecule has 1 atom stereocenters. The number of hydrogen-bond donors (Lipinski definition) is 2. The van der Waals surface area contributed by atoms with Gasteiger partial charge in [-0.15, -0.1) is 11.3 Å². The molecule has 0 fully saturated rings. The van der Waals surface area contributed by atoms with Crippen LogP contribution in [0.4, 0.5) is 0 Å². The van der Waals surface area contributed by atoms with Crippen molar-refractivity contribution in [3.05, 3.63) is 19.9 Å². The number of halogens is 1. The van der Waals surface area contributed by atoms with Crippen LogP contribution >= 0.6 is 33.9 Å². The summed E-state index contributed by atoms with van der Waals surface area (Å²) < 4.78 is 1.34. The number of nitrogens with two attached hydrogens (primary N) is 1. The van der Waals surface area contributed by atoms with Gasteiger partial charge in [0.05, 0.1) is 2.88 Å². The molecule has 4 heteroatoms. The molecule has 0 bridgehead atoms. The lowest BCUT2D eigenvalue weighted by Gasteiger charge is -2.14. The summed E-state index contributed by atoms with van der Waals surface area (Å²) in [6, 6.07) is 2.57. The van der Waals surface area contributed by atoms with E-state index in [1.807, 2.05) is 0 Å². The molecule has 0 amide bonds. The third-order valence-electron chi connectivity index (χ3n) is 4.04. The Labute approximate surface area is 148 Å². The maximum atomic E-state index is 5.69. The Kier molecular flexibility index (Phi) is 11.9. The van der Waals surface area contributed by atoms with E-state index in [9.17, 15) is 0 Å². The van der Waals surface area contributed by atoms with Crippen LogP contribution in [0.5, 0.6) is 0 Å². The van der Waals surface area contributed by atoms with Gasteiger partial charge in [0.25, 0.3) is 0 Å². The summed E-state index contributed by atoms with van der Waals surface area (Å²) in [4.78, 5) is 0. The molecule has 21 heavy (non-hydrogen) atoms. The van der Waals surface area contributed by atoms with Crippen LogP contribution in [0.15, 0.2) is 11.4 Å². The second kappa shape index (κ2) is 12.9. The molecule has 0 radical (unpaired) electrons. The fourth-order valence-electron chi connectivity index (χ4n) is 2.69. The van der Waals surface area contributed by atoms with Gasteiger partial charge in [-0.2, -0.15) is 0 Å². The Morgan fingerprint density at radius 2 is 1.62 bits per heavy atom. The Balaban J connectivity index is 1.98. The largest absolute Gasteiger partial charge is 0.271 e. The van der Waals surface area contributed by atoms with E-state index in [0.717, 1.165) is 6.42 Å². The molecule has 0 saturated heterocycles. The van der Waals surface area contributed by atoms with Gasteiger partial charge in [0.1, 0.15) is 0 Å². The minimum Gasteiger partial charge on any atom is -0.271 e. The van der Waals surface area contributed by atoms with Gasteiger partial charge >= 0.3 is 0 Å². The number of thiophene rings is 1. The van der Waals surface area contributed by atoms with E-state index in [2.05, 4.69) is 46.4 Å². The predicted molar refractivity (Wildman–Crippen MR) is 104 cm³/mol. The molecule has 1 heterocycles. The van der Waals surface area contributed by atoms with E-state index in [-0.39, 0.29) is 0 Å². The van der Waals surface area contributed by atoms with Crippen LogP contribution in [0.3, 0.4) is 0 Å². The summed E-state index contributed by atoms with van der Waals surface area (Å²) in [5.41, 5.74) is 4.32. The summed E-state index contributed by atoms with van der Waals surface area (Å²) >= 11 is 4.17. The minimum absolute atomic E-state index is 0.332. The fraction of sp³-hybridized carbons (Fsp3) is 0.765. The van der Waals surface area contributed by atoms with E-state index >= 15 is 0 Å². The lowest BCUT2D eigenvalue weighted by Crippen LogP contribution is -2.27. The highest BCUT2D eigenvalue weighted by Gasteiger charge is 2.10. The van der Waals surface area contributed by atoms with Gasteiger partial charge in [-0.3, -0.25) is 11.3 Å². The van der Waals surface area contributed by atoms with E-state index < -0.39 is 0 Å². The molecule has 3 N–H and O–H groups in total. The van der Waals surface area contributed by atoms with Gasteiger partial charge in [-0.25, -0.2) is 0 Å². The molecule has 0 aromatic carbocycles. The van der Waals surface area contributed by atoms with Crippen molar-refractivity contribution in [2.45, 2.75) is 83.6 Å². The molecule has 1 aromatic heterocycles. The second-order valence-electron chi connectivity index (χ2n) is 5.87. The lowest BCUT2D eigenvalue weighted by molar-refractivity contribution is 0.475. The third-order valence-corrected chi connectivity index (χ3v) is 5.84. The first-order valence-electron chi connectivity index (χ1n) is 8.48. The van der Waals surface area contributed by atoms with Crippen molar-refractivity contribution >= 4 is 33.9 Å². The molecule has 2 nitrogen and oxygen atoms in total. The van der Waals surface area contributed by atoms with E-state index in [4.69, 9.17) is 5.84 Å². The maximum absolute atomic E-state index is 5.69.